The van der Waals surface area contributed by atoms with E-state index in [1.165, 1.54) is 0 Å². The van der Waals surface area contributed by atoms with Crippen molar-refractivity contribution in [1.29, 1.82) is 5.26 Å². The zero-order chi connectivity index (χ0) is 13.8. The van der Waals surface area contributed by atoms with Gasteiger partial charge in [0.05, 0.1) is 18.0 Å². The normalized spacial score (nSPS) is 10.5. The van der Waals surface area contributed by atoms with Crippen LogP contribution < -0.4 is 10.5 Å². The van der Waals surface area contributed by atoms with Gasteiger partial charge in [-0.3, -0.25) is 4.68 Å². The smallest absolute Gasteiger partial charge is 0.165 e. The molecule has 98 valence electrons. The van der Waals surface area contributed by atoms with Gasteiger partial charge in [-0.1, -0.05) is 6.07 Å². The van der Waals surface area contributed by atoms with Gasteiger partial charge < -0.3 is 10.5 Å². The van der Waals surface area contributed by atoms with E-state index >= 15 is 0 Å². The number of nitrogens with zero attached hydrogens (tertiary/aromatic N) is 3. The van der Waals surface area contributed by atoms with Crippen LogP contribution >= 0.6 is 0 Å². The van der Waals surface area contributed by atoms with Gasteiger partial charge in [-0.05, 0) is 31.5 Å². The van der Waals surface area contributed by atoms with E-state index in [4.69, 9.17) is 15.7 Å². The molecule has 2 N–H and O–H groups in total. The second-order valence-corrected chi connectivity index (χ2v) is 4.50. The van der Waals surface area contributed by atoms with Crippen molar-refractivity contribution < 1.29 is 4.74 Å². The molecule has 0 aliphatic carbocycles. The highest BCUT2D eigenvalue weighted by atomic mass is 16.5. The summed E-state index contributed by atoms with van der Waals surface area (Å²) >= 11 is 0. The first-order chi connectivity index (χ1) is 9.13. The van der Waals surface area contributed by atoms with E-state index in [-0.39, 0.29) is 6.04 Å². The van der Waals surface area contributed by atoms with Gasteiger partial charge in [0.25, 0.3) is 0 Å². The van der Waals surface area contributed by atoms with Crippen molar-refractivity contribution in [2.24, 2.45) is 5.73 Å². The fourth-order valence-electron chi connectivity index (χ4n) is 1.66. The third-order valence-corrected chi connectivity index (χ3v) is 2.73. The number of nitriles is 1. The highest BCUT2D eigenvalue weighted by Crippen LogP contribution is 2.26. The number of ether oxygens (including phenoxy) is 1. The summed E-state index contributed by atoms with van der Waals surface area (Å²) in [7, 11) is 0. The maximum Gasteiger partial charge on any atom is 0.165 e. The molecule has 0 fully saturated rings. The minimum atomic E-state index is 0.271. The van der Waals surface area contributed by atoms with Crippen LogP contribution in [0, 0.1) is 11.3 Å². The maximum absolute atomic E-state index is 9.12. The SMILES string of the molecule is CC(C)n1cc(Oc2ccc(CN)cc2C#N)cn1. The van der Waals surface area contributed by atoms with E-state index in [1.54, 1.807) is 23.0 Å². The molecule has 0 atom stereocenters. The van der Waals surface area contributed by atoms with Gasteiger partial charge in [0.15, 0.2) is 5.75 Å². The molecule has 2 rings (SSSR count). The van der Waals surface area contributed by atoms with Crippen LogP contribution in [0.15, 0.2) is 30.6 Å². The molecule has 0 unspecified atom stereocenters. The lowest BCUT2D eigenvalue weighted by Crippen LogP contribution is -1.99. The number of nitrogens with two attached hydrogens (primary N) is 1. The molecule has 0 saturated carbocycles. The Morgan fingerprint density at radius 1 is 1.47 bits per heavy atom. The summed E-state index contributed by atoms with van der Waals surface area (Å²) < 4.78 is 7.49. The van der Waals surface area contributed by atoms with Gasteiger partial charge >= 0.3 is 0 Å². The van der Waals surface area contributed by atoms with Crippen molar-refractivity contribution in [3.05, 3.63) is 41.7 Å². The van der Waals surface area contributed by atoms with Crippen molar-refractivity contribution >= 4 is 0 Å². The Bertz CT molecular complexity index is 610. The van der Waals surface area contributed by atoms with Gasteiger partial charge in [-0.15, -0.1) is 0 Å². The van der Waals surface area contributed by atoms with Crippen molar-refractivity contribution in [3.8, 4) is 17.6 Å². The lowest BCUT2D eigenvalue weighted by Gasteiger charge is -2.07. The first-order valence-corrected chi connectivity index (χ1v) is 6.09. The van der Waals surface area contributed by atoms with E-state index in [9.17, 15) is 0 Å². The molecule has 0 radical (unpaired) electrons. The minimum absolute atomic E-state index is 0.271. The molecule has 0 saturated heterocycles. The topological polar surface area (TPSA) is 76.9 Å². The number of benzene rings is 1. The van der Waals surface area contributed by atoms with Gasteiger partial charge in [0.1, 0.15) is 11.8 Å². The largest absolute Gasteiger partial charge is 0.453 e. The molecule has 0 aliphatic heterocycles. The molecule has 0 bridgehead atoms. The molecule has 5 heteroatoms. The Hall–Kier alpha value is -2.32. The standard InChI is InChI=1S/C14H16N4O/c1-10(2)18-9-13(8-17-18)19-14-4-3-11(6-15)5-12(14)7-16/h3-5,8-10H,6,15H2,1-2H3. The maximum atomic E-state index is 9.12. The molecule has 0 amide bonds. The third kappa shape index (κ3) is 2.92. The van der Waals surface area contributed by atoms with Crippen LogP contribution in [-0.4, -0.2) is 9.78 Å². The fraction of sp³-hybridized carbons (Fsp3) is 0.286. The first kappa shape index (κ1) is 13.1. The number of hydrogen-bond acceptors (Lipinski definition) is 4. The Morgan fingerprint density at radius 2 is 2.26 bits per heavy atom. The summed E-state index contributed by atoms with van der Waals surface area (Å²) in [4.78, 5) is 0. The second-order valence-electron chi connectivity index (χ2n) is 4.50. The lowest BCUT2D eigenvalue weighted by atomic mass is 10.1. The molecule has 2 aromatic rings. The summed E-state index contributed by atoms with van der Waals surface area (Å²) in [5.74, 6) is 1.13. The number of aromatic nitrogens is 2. The molecule has 5 nitrogen and oxygen atoms in total. The van der Waals surface area contributed by atoms with E-state index < -0.39 is 0 Å². The summed E-state index contributed by atoms with van der Waals surface area (Å²) in [6.45, 7) is 4.47. The molecule has 0 aliphatic rings. The predicted molar refractivity (Wildman–Crippen MR) is 71.7 cm³/mol. The highest BCUT2D eigenvalue weighted by molar-refractivity contribution is 5.47. The quantitative estimate of drug-likeness (QED) is 0.912. The van der Waals surface area contributed by atoms with Crippen LogP contribution in [0.5, 0.6) is 11.5 Å². The van der Waals surface area contributed by atoms with Crippen LogP contribution in [0.1, 0.15) is 31.0 Å². The van der Waals surface area contributed by atoms with Crippen molar-refractivity contribution in [2.45, 2.75) is 26.4 Å². The average Bonchev–Trinajstić information content (AvgIpc) is 2.88. The van der Waals surface area contributed by atoms with Crippen LogP contribution in [0.25, 0.3) is 0 Å². The van der Waals surface area contributed by atoms with Crippen molar-refractivity contribution in [3.63, 3.8) is 0 Å². The Kier molecular flexibility index (Phi) is 3.83. The Labute approximate surface area is 112 Å². The Morgan fingerprint density at radius 3 is 2.84 bits per heavy atom. The van der Waals surface area contributed by atoms with E-state index in [2.05, 4.69) is 11.2 Å². The van der Waals surface area contributed by atoms with Crippen LogP contribution in [0.2, 0.25) is 0 Å². The van der Waals surface area contributed by atoms with Gasteiger partial charge in [0.2, 0.25) is 0 Å². The minimum Gasteiger partial charge on any atom is -0.453 e. The van der Waals surface area contributed by atoms with Gasteiger partial charge in [-0.25, -0.2) is 0 Å². The predicted octanol–water partition coefficient (Wildman–Crippen LogP) is 2.59. The highest BCUT2D eigenvalue weighted by Gasteiger charge is 2.08. The monoisotopic (exact) mass is 256 g/mol. The number of rotatable bonds is 4. The Balaban J connectivity index is 2.25. The summed E-state index contributed by atoms with van der Waals surface area (Å²) in [5, 5.41) is 13.3. The number of hydrogen-bond donors (Lipinski definition) is 1. The molecule has 1 heterocycles. The van der Waals surface area contributed by atoms with Gasteiger partial charge in [0, 0.05) is 12.6 Å². The van der Waals surface area contributed by atoms with E-state index in [0.717, 1.165) is 5.56 Å². The summed E-state index contributed by atoms with van der Waals surface area (Å²) in [6, 6.07) is 7.73. The first-order valence-electron chi connectivity index (χ1n) is 6.09. The zero-order valence-corrected chi connectivity index (χ0v) is 11.0. The van der Waals surface area contributed by atoms with Gasteiger partial charge in [-0.2, -0.15) is 10.4 Å². The fourth-order valence-corrected chi connectivity index (χ4v) is 1.66. The summed E-state index contributed by atoms with van der Waals surface area (Å²) in [6.07, 6.45) is 3.45. The van der Waals surface area contributed by atoms with Crippen LogP contribution in [0.3, 0.4) is 0 Å². The van der Waals surface area contributed by atoms with Crippen molar-refractivity contribution in [1.82, 2.24) is 9.78 Å². The van der Waals surface area contributed by atoms with Crippen LogP contribution in [-0.2, 0) is 6.54 Å². The van der Waals surface area contributed by atoms with Crippen molar-refractivity contribution in [2.75, 3.05) is 0 Å². The average molecular weight is 256 g/mol. The second kappa shape index (κ2) is 5.55. The molecular weight excluding hydrogens is 240 g/mol. The van der Waals surface area contributed by atoms with E-state index in [0.29, 0.717) is 23.6 Å². The molecule has 0 spiro atoms. The van der Waals surface area contributed by atoms with Crippen LogP contribution in [0.4, 0.5) is 0 Å². The third-order valence-electron chi connectivity index (χ3n) is 2.73. The molecule has 19 heavy (non-hydrogen) atoms. The van der Waals surface area contributed by atoms with E-state index in [1.807, 2.05) is 26.1 Å². The lowest BCUT2D eigenvalue weighted by molar-refractivity contribution is 0.475. The zero-order valence-electron chi connectivity index (χ0n) is 11.0. The molecule has 1 aromatic heterocycles. The molecule has 1 aromatic carbocycles. The summed E-state index contributed by atoms with van der Waals surface area (Å²) in [5.41, 5.74) is 6.93. The molecular formula is C14H16N4O.